The normalized spacial score (nSPS) is 12.1. The van der Waals surface area contributed by atoms with Crippen LogP contribution in [0.2, 0.25) is 0 Å². The van der Waals surface area contributed by atoms with E-state index in [1.807, 2.05) is 18.2 Å². The van der Waals surface area contributed by atoms with E-state index in [1.165, 1.54) is 18.0 Å². The summed E-state index contributed by atoms with van der Waals surface area (Å²) in [6.45, 7) is 4.43. The van der Waals surface area contributed by atoms with Crippen molar-refractivity contribution in [3.05, 3.63) is 66.2 Å². The van der Waals surface area contributed by atoms with Gasteiger partial charge in [0, 0.05) is 5.56 Å². The van der Waals surface area contributed by atoms with Gasteiger partial charge in [0.2, 0.25) is 0 Å². The van der Waals surface area contributed by atoms with E-state index in [1.54, 1.807) is 12.1 Å². The van der Waals surface area contributed by atoms with Gasteiger partial charge < -0.3 is 5.73 Å². The highest BCUT2D eigenvalue weighted by molar-refractivity contribution is 5.71. The number of benzene rings is 2. The van der Waals surface area contributed by atoms with Gasteiger partial charge in [0.15, 0.2) is 0 Å². The minimum Gasteiger partial charge on any atom is -0.382 e. The lowest BCUT2D eigenvalue weighted by atomic mass is 9.91. The number of aromatic nitrogens is 2. The molecule has 128 valence electrons. The quantitative estimate of drug-likeness (QED) is 0.704. The Morgan fingerprint density at radius 1 is 1.04 bits per heavy atom. The molecule has 3 aromatic rings. The van der Waals surface area contributed by atoms with E-state index in [2.05, 4.69) is 35.9 Å². The van der Waals surface area contributed by atoms with Gasteiger partial charge in [-0.05, 0) is 41.2 Å². The Balaban J connectivity index is 1.97. The molecule has 0 fully saturated rings. The third-order valence-electron chi connectivity index (χ3n) is 4.51. The molecule has 3 nitrogen and oxygen atoms in total. The number of halogens is 1. The van der Waals surface area contributed by atoms with Gasteiger partial charge in [-0.2, -0.15) is 0 Å². The molecule has 0 amide bonds. The van der Waals surface area contributed by atoms with Crippen LogP contribution >= 0.6 is 0 Å². The molecule has 25 heavy (non-hydrogen) atoms. The zero-order chi connectivity index (χ0) is 17.8. The first kappa shape index (κ1) is 17.1. The van der Waals surface area contributed by atoms with Crippen LogP contribution in [0.25, 0.3) is 22.4 Å². The maximum atomic E-state index is 14.7. The second-order valence-electron chi connectivity index (χ2n) is 6.40. The van der Waals surface area contributed by atoms with E-state index in [0.29, 0.717) is 23.0 Å². The second-order valence-corrected chi connectivity index (χ2v) is 6.40. The van der Waals surface area contributed by atoms with Crippen LogP contribution in [-0.4, -0.2) is 9.97 Å². The van der Waals surface area contributed by atoms with Gasteiger partial charge in [0.05, 0.1) is 18.1 Å². The molecule has 0 saturated heterocycles. The van der Waals surface area contributed by atoms with Crippen molar-refractivity contribution in [3.8, 4) is 22.4 Å². The number of hydrogen-bond donors (Lipinski definition) is 1. The van der Waals surface area contributed by atoms with Crippen LogP contribution in [0.4, 0.5) is 10.2 Å². The van der Waals surface area contributed by atoms with E-state index < -0.39 is 0 Å². The Bertz CT molecular complexity index is 859. The number of nitrogen functional groups attached to an aromatic ring is 1. The molecule has 1 aromatic heterocycles. The van der Waals surface area contributed by atoms with Crippen LogP contribution < -0.4 is 5.73 Å². The summed E-state index contributed by atoms with van der Waals surface area (Å²) in [5.74, 6) is 0.602. The largest absolute Gasteiger partial charge is 0.382 e. The van der Waals surface area contributed by atoms with Crippen LogP contribution in [0.15, 0.2) is 54.9 Å². The number of anilines is 1. The maximum Gasteiger partial charge on any atom is 0.141 e. The highest BCUT2D eigenvalue weighted by atomic mass is 19.1. The topological polar surface area (TPSA) is 51.8 Å². The summed E-state index contributed by atoms with van der Waals surface area (Å²) < 4.78 is 14.7. The van der Waals surface area contributed by atoms with Crippen molar-refractivity contribution < 1.29 is 4.39 Å². The minimum absolute atomic E-state index is 0.310. The zero-order valence-corrected chi connectivity index (χ0v) is 14.5. The second kappa shape index (κ2) is 7.43. The fourth-order valence-corrected chi connectivity index (χ4v) is 2.87. The third-order valence-corrected chi connectivity index (χ3v) is 4.51. The standard InChI is InChI=1S/C21H22FN3/c1-3-14(2)10-15-6-4-5-7-17(15)16-8-9-18(19(22)11-16)20-12-25-21(23)13-24-20/h4-9,11-14H,3,10H2,1-2H3,(H2,23,25). The average molecular weight is 335 g/mol. The summed E-state index contributed by atoms with van der Waals surface area (Å²) in [6.07, 6.45) is 5.03. The minimum atomic E-state index is -0.310. The first-order valence-corrected chi connectivity index (χ1v) is 8.54. The lowest BCUT2D eigenvalue weighted by Crippen LogP contribution is -2.00. The summed E-state index contributed by atoms with van der Waals surface area (Å²) in [5.41, 5.74) is 9.65. The molecular formula is C21H22FN3. The van der Waals surface area contributed by atoms with Crippen LogP contribution in [-0.2, 0) is 6.42 Å². The summed E-state index contributed by atoms with van der Waals surface area (Å²) in [6, 6.07) is 13.5. The first-order valence-electron chi connectivity index (χ1n) is 8.54. The number of nitrogens with two attached hydrogens (primary N) is 1. The lowest BCUT2D eigenvalue weighted by Gasteiger charge is -2.14. The Labute approximate surface area is 147 Å². The Hall–Kier alpha value is -2.75. The van der Waals surface area contributed by atoms with Crippen molar-refractivity contribution in [1.29, 1.82) is 0 Å². The Morgan fingerprint density at radius 3 is 2.52 bits per heavy atom. The van der Waals surface area contributed by atoms with E-state index in [4.69, 9.17) is 5.73 Å². The molecule has 1 unspecified atom stereocenters. The van der Waals surface area contributed by atoms with E-state index in [0.717, 1.165) is 24.0 Å². The van der Waals surface area contributed by atoms with Crippen molar-refractivity contribution in [3.63, 3.8) is 0 Å². The lowest BCUT2D eigenvalue weighted by molar-refractivity contribution is 0.561. The average Bonchev–Trinajstić information content (AvgIpc) is 2.63. The van der Waals surface area contributed by atoms with Crippen molar-refractivity contribution >= 4 is 5.82 Å². The smallest absolute Gasteiger partial charge is 0.141 e. The van der Waals surface area contributed by atoms with Gasteiger partial charge in [-0.25, -0.2) is 9.37 Å². The summed E-state index contributed by atoms with van der Waals surface area (Å²) in [7, 11) is 0. The molecule has 0 aliphatic carbocycles. The SMILES string of the molecule is CCC(C)Cc1ccccc1-c1ccc(-c2cnc(N)cn2)c(F)c1. The van der Waals surface area contributed by atoms with Crippen molar-refractivity contribution in [2.24, 2.45) is 5.92 Å². The van der Waals surface area contributed by atoms with Crippen LogP contribution in [0.1, 0.15) is 25.8 Å². The van der Waals surface area contributed by atoms with E-state index >= 15 is 0 Å². The van der Waals surface area contributed by atoms with Gasteiger partial charge >= 0.3 is 0 Å². The highest BCUT2D eigenvalue weighted by Crippen LogP contribution is 2.30. The molecule has 0 saturated carbocycles. The Morgan fingerprint density at radius 2 is 1.84 bits per heavy atom. The molecule has 4 heteroatoms. The molecule has 2 N–H and O–H groups in total. The third kappa shape index (κ3) is 3.85. The fraction of sp³-hybridized carbons (Fsp3) is 0.238. The number of rotatable bonds is 5. The van der Waals surface area contributed by atoms with Crippen molar-refractivity contribution in [2.45, 2.75) is 26.7 Å². The molecule has 0 bridgehead atoms. The number of hydrogen-bond acceptors (Lipinski definition) is 3. The van der Waals surface area contributed by atoms with Gasteiger partial charge in [0.1, 0.15) is 11.6 Å². The van der Waals surface area contributed by atoms with Gasteiger partial charge in [-0.15, -0.1) is 0 Å². The zero-order valence-electron chi connectivity index (χ0n) is 14.5. The summed E-state index contributed by atoms with van der Waals surface area (Å²) >= 11 is 0. The molecule has 0 aliphatic heterocycles. The molecule has 3 rings (SSSR count). The van der Waals surface area contributed by atoms with Gasteiger partial charge in [0.25, 0.3) is 0 Å². The summed E-state index contributed by atoms with van der Waals surface area (Å²) in [5, 5.41) is 0. The van der Waals surface area contributed by atoms with E-state index in [-0.39, 0.29) is 5.82 Å². The molecular weight excluding hydrogens is 313 g/mol. The van der Waals surface area contributed by atoms with Crippen LogP contribution in [0.3, 0.4) is 0 Å². The first-order chi connectivity index (χ1) is 12.1. The van der Waals surface area contributed by atoms with Gasteiger partial charge in [-0.1, -0.05) is 50.6 Å². The number of nitrogens with zero attached hydrogens (tertiary/aromatic N) is 2. The highest BCUT2D eigenvalue weighted by Gasteiger charge is 2.12. The van der Waals surface area contributed by atoms with E-state index in [9.17, 15) is 4.39 Å². The van der Waals surface area contributed by atoms with Crippen LogP contribution in [0.5, 0.6) is 0 Å². The monoisotopic (exact) mass is 335 g/mol. The predicted octanol–water partition coefficient (Wildman–Crippen LogP) is 5.12. The Kier molecular flexibility index (Phi) is 5.08. The summed E-state index contributed by atoms with van der Waals surface area (Å²) in [4.78, 5) is 8.13. The van der Waals surface area contributed by atoms with Crippen molar-refractivity contribution in [1.82, 2.24) is 9.97 Å². The van der Waals surface area contributed by atoms with Crippen LogP contribution in [0, 0.1) is 11.7 Å². The predicted molar refractivity (Wildman–Crippen MR) is 100 cm³/mol. The van der Waals surface area contributed by atoms with Crippen molar-refractivity contribution in [2.75, 3.05) is 5.73 Å². The maximum absolute atomic E-state index is 14.7. The molecule has 0 spiro atoms. The molecule has 0 aliphatic rings. The molecule has 1 atom stereocenters. The molecule has 2 aromatic carbocycles. The molecule has 1 heterocycles. The fourth-order valence-electron chi connectivity index (χ4n) is 2.87. The van der Waals surface area contributed by atoms with Gasteiger partial charge in [-0.3, -0.25) is 4.98 Å². The molecule has 0 radical (unpaired) electrons.